The van der Waals surface area contributed by atoms with Crippen molar-refractivity contribution in [2.24, 2.45) is 0 Å². The Morgan fingerprint density at radius 1 is 1.15 bits per heavy atom. The number of thioether (sulfide) groups is 1. The lowest BCUT2D eigenvalue weighted by molar-refractivity contribution is 0.715. The van der Waals surface area contributed by atoms with Crippen LogP contribution in [0.15, 0.2) is 47.4 Å². The molecule has 0 saturated carbocycles. The summed E-state index contributed by atoms with van der Waals surface area (Å²) in [7, 11) is 0. The van der Waals surface area contributed by atoms with E-state index >= 15 is 0 Å². The van der Waals surface area contributed by atoms with Crippen molar-refractivity contribution in [1.29, 1.82) is 0 Å². The van der Waals surface area contributed by atoms with Gasteiger partial charge in [0.15, 0.2) is 0 Å². The van der Waals surface area contributed by atoms with Crippen LogP contribution in [0, 0.1) is 0 Å². The molecule has 2 aliphatic heterocycles. The molecule has 0 amide bonds. The van der Waals surface area contributed by atoms with E-state index < -0.39 is 0 Å². The third kappa shape index (κ3) is 1.88. The fourth-order valence-electron chi connectivity index (χ4n) is 3.36. The number of nitrogens with two attached hydrogens (primary N) is 1. The lowest BCUT2D eigenvalue weighted by Crippen LogP contribution is -2.26. The first kappa shape index (κ1) is 12.2. The molecule has 2 nitrogen and oxygen atoms in total. The minimum Gasteiger partial charge on any atom is -0.398 e. The standard InChI is InChI=1S/C17H18N2S/c18-15-5-3-6-16-14(15)8-9-19(16)10-12-11-20-17-7-2-1-4-13(12)17/h1-7,12H,8-11,18H2. The maximum absolute atomic E-state index is 6.09. The van der Waals surface area contributed by atoms with Crippen molar-refractivity contribution in [2.45, 2.75) is 17.2 Å². The third-order valence-corrected chi connectivity index (χ3v) is 5.65. The highest BCUT2D eigenvalue weighted by molar-refractivity contribution is 7.99. The Kier molecular flexibility index (Phi) is 2.88. The smallest absolute Gasteiger partial charge is 0.0420 e. The van der Waals surface area contributed by atoms with E-state index in [0.717, 1.165) is 25.2 Å². The van der Waals surface area contributed by atoms with Gasteiger partial charge in [0.25, 0.3) is 0 Å². The summed E-state index contributed by atoms with van der Waals surface area (Å²) in [4.78, 5) is 3.98. The van der Waals surface area contributed by atoms with E-state index in [9.17, 15) is 0 Å². The molecule has 2 aromatic carbocycles. The Bertz CT molecular complexity index is 653. The Hall–Kier alpha value is -1.61. The Morgan fingerprint density at radius 3 is 3.00 bits per heavy atom. The molecule has 0 aliphatic carbocycles. The Morgan fingerprint density at radius 2 is 2.05 bits per heavy atom. The van der Waals surface area contributed by atoms with Gasteiger partial charge in [0.1, 0.15) is 0 Å². The van der Waals surface area contributed by atoms with Gasteiger partial charge in [0.2, 0.25) is 0 Å². The average Bonchev–Trinajstić information content (AvgIpc) is 3.06. The second-order valence-electron chi connectivity index (χ2n) is 5.59. The maximum Gasteiger partial charge on any atom is 0.0420 e. The molecule has 3 heteroatoms. The van der Waals surface area contributed by atoms with E-state index in [1.165, 1.54) is 27.5 Å². The average molecular weight is 282 g/mol. The predicted molar refractivity (Wildman–Crippen MR) is 86.7 cm³/mol. The van der Waals surface area contributed by atoms with Crippen LogP contribution in [-0.4, -0.2) is 18.8 Å². The van der Waals surface area contributed by atoms with E-state index in [1.54, 1.807) is 0 Å². The summed E-state index contributed by atoms with van der Waals surface area (Å²) in [5, 5.41) is 0. The molecule has 102 valence electrons. The highest BCUT2D eigenvalue weighted by Crippen LogP contribution is 2.41. The zero-order valence-corrected chi connectivity index (χ0v) is 12.2. The summed E-state index contributed by atoms with van der Waals surface area (Å²) in [5.74, 6) is 1.84. The largest absolute Gasteiger partial charge is 0.398 e. The van der Waals surface area contributed by atoms with Crippen molar-refractivity contribution in [2.75, 3.05) is 29.5 Å². The molecule has 4 rings (SSSR count). The van der Waals surface area contributed by atoms with E-state index in [1.807, 2.05) is 17.8 Å². The van der Waals surface area contributed by atoms with Crippen molar-refractivity contribution in [3.8, 4) is 0 Å². The molecular weight excluding hydrogens is 264 g/mol. The van der Waals surface area contributed by atoms with Crippen LogP contribution in [0.5, 0.6) is 0 Å². The molecule has 2 aromatic rings. The van der Waals surface area contributed by atoms with Gasteiger partial charge in [-0.25, -0.2) is 0 Å². The highest BCUT2D eigenvalue weighted by atomic mass is 32.2. The van der Waals surface area contributed by atoms with Crippen LogP contribution >= 0.6 is 11.8 Å². The van der Waals surface area contributed by atoms with E-state index in [4.69, 9.17) is 5.73 Å². The topological polar surface area (TPSA) is 29.3 Å². The first-order valence-electron chi connectivity index (χ1n) is 7.17. The van der Waals surface area contributed by atoms with Gasteiger partial charge in [-0.05, 0) is 30.2 Å². The fourth-order valence-corrected chi connectivity index (χ4v) is 4.61. The molecule has 1 unspecified atom stereocenters. The number of nitrogen functional groups attached to an aromatic ring is 1. The lowest BCUT2D eigenvalue weighted by atomic mass is 10.0. The molecule has 0 spiro atoms. The normalized spacial score (nSPS) is 20.0. The number of benzene rings is 2. The first-order valence-corrected chi connectivity index (χ1v) is 8.15. The second kappa shape index (κ2) is 4.74. The van der Waals surface area contributed by atoms with Crippen LogP contribution in [0.25, 0.3) is 0 Å². The summed E-state index contributed by atoms with van der Waals surface area (Å²) in [6, 6.07) is 15.1. The van der Waals surface area contributed by atoms with Gasteiger partial charge in [-0.15, -0.1) is 11.8 Å². The number of nitrogens with zero attached hydrogens (tertiary/aromatic N) is 1. The van der Waals surface area contributed by atoms with Crippen LogP contribution in [0.3, 0.4) is 0 Å². The summed E-state index contributed by atoms with van der Waals surface area (Å²) in [5.41, 5.74) is 11.2. The van der Waals surface area contributed by atoms with Gasteiger partial charge in [-0.1, -0.05) is 24.3 Å². The first-order chi connectivity index (χ1) is 9.83. The van der Waals surface area contributed by atoms with Crippen LogP contribution in [0.2, 0.25) is 0 Å². The third-order valence-electron chi connectivity index (χ3n) is 4.40. The lowest BCUT2D eigenvalue weighted by Gasteiger charge is -2.23. The zero-order valence-electron chi connectivity index (χ0n) is 11.4. The number of hydrogen-bond acceptors (Lipinski definition) is 3. The summed E-state index contributed by atoms with van der Waals surface area (Å²) < 4.78 is 0. The van der Waals surface area contributed by atoms with Crippen molar-refractivity contribution in [3.05, 3.63) is 53.6 Å². The van der Waals surface area contributed by atoms with Gasteiger partial charge >= 0.3 is 0 Å². The van der Waals surface area contributed by atoms with Gasteiger partial charge in [0, 0.05) is 46.6 Å². The van der Waals surface area contributed by atoms with E-state index in [2.05, 4.69) is 41.3 Å². The quantitative estimate of drug-likeness (QED) is 0.855. The molecule has 0 bridgehead atoms. The van der Waals surface area contributed by atoms with E-state index in [0.29, 0.717) is 5.92 Å². The maximum atomic E-state index is 6.09. The van der Waals surface area contributed by atoms with Gasteiger partial charge in [0.05, 0.1) is 0 Å². The van der Waals surface area contributed by atoms with Crippen molar-refractivity contribution in [3.63, 3.8) is 0 Å². The van der Waals surface area contributed by atoms with Crippen molar-refractivity contribution < 1.29 is 0 Å². The monoisotopic (exact) mass is 282 g/mol. The number of rotatable bonds is 2. The van der Waals surface area contributed by atoms with Crippen LogP contribution in [-0.2, 0) is 6.42 Å². The van der Waals surface area contributed by atoms with Crippen LogP contribution in [0.4, 0.5) is 11.4 Å². The molecule has 1 atom stereocenters. The SMILES string of the molecule is Nc1cccc2c1CCN2CC1CSc2ccccc21. The zero-order chi connectivity index (χ0) is 13.5. The fraction of sp³-hybridized carbons (Fsp3) is 0.294. The molecule has 2 aliphatic rings. The minimum atomic E-state index is 0.642. The summed E-state index contributed by atoms with van der Waals surface area (Å²) in [6.45, 7) is 2.22. The predicted octanol–water partition coefficient (Wildman–Crippen LogP) is 3.52. The molecule has 0 saturated heterocycles. The minimum absolute atomic E-state index is 0.642. The van der Waals surface area contributed by atoms with Crippen molar-refractivity contribution >= 4 is 23.1 Å². The van der Waals surface area contributed by atoms with Gasteiger partial charge in [-0.2, -0.15) is 0 Å². The van der Waals surface area contributed by atoms with Gasteiger partial charge < -0.3 is 10.6 Å². The Balaban J connectivity index is 1.60. The van der Waals surface area contributed by atoms with E-state index in [-0.39, 0.29) is 0 Å². The highest BCUT2D eigenvalue weighted by Gasteiger charge is 2.28. The van der Waals surface area contributed by atoms with Gasteiger partial charge in [-0.3, -0.25) is 0 Å². The van der Waals surface area contributed by atoms with Crippen LogP contribution < -0.4 is 10.6 Å². The number of anilines is 2. The molecule has 0 aromatic heterocycles. The van der Waals surface area contributed by atoms with Crippen molar-refractivity contribution in [1.82, 2.24) is 0 Å². The number of fused-ring (bicyclic) bond motifs is 2. The second-order valence-corrected chi connectivity index (χ2v) is 6.65. The summed E-state index contributed by atoms with van der Waals surface area (Å²) >= 11 is 1.99. The molecule has 20 heavy (non-hydrogen) atoms. The molecular formula is C17H18N2S. The molecule has 2 N–H and O–H groups in total. The Labute approximate surface area is 124 Å². The summed E-state index contributed by atoms with van der Waals surface area (Å²) in [6.07, 6.45) is 1.09. The van der Waals surface area contributed by atoms with Crippen LogP contribution in [0.1, 0.15) is 17.0 Å². The molecule has 0 fully saturated rings. The molecule has 0 radical (unpaired) electrons. The molecule has 2 heterocycles. The number of hydrogen-bond donors (Lipinski definition) is 1.